The fourth-order valence-corrected chi connectivity index (χ4v) is 1.37. The van der Waals surface area contributed by atoms with E-state index in [1.165, 1.54) is 0 Å². The summed E-state index contributed by atoms with van der Waals surface area (Å²) in [6, 6.07) is -0.143. The highest BCUT2D eigenvalue weighted by Crippen LogP contribution is 2.14. The van der Waals surface area contributed by atoms with Gasteiger partial charge in [-0.15, -0.1) is 0 Å². The zero-order chi connectivity index (χ0) is 9.68. The summed E-state index contributed by atoms with van der Waals surface area (Å²) in [6.07, 6.45) is 1.59. The highest BCUT2D eigenvalue weighted by atomic mass is 16.5. The van der Waals surface area contributed by atoms with Gasteiger partial charge in [0.25, 0.3) is 0 Å². The molecule has 4 nitrogen and oxygen atoms in total. The number of rotatable bonds is 3. The SMILES string of the molecule is CC(CO)NC(=O)C1CCOCC1. The number of hydrogen-bond donors (Lipinski definition) is 2. The quantitative estimate of drug-likeness (QED) is 0.649. The number of aliphatic hydroxyl groups excluding tert-OH is 1. The number of carbonyl (C=O) groups excluding carboxylic acids is 1. The second-order valence-electron chi connectivity index (χ2n) is 3.48. The predicted molar refractivity (Wildman–Crippen MR) is 48.2 cm³/mol. The van der Waals surface area contributed by atoms with Crippen LogP contribution in [0.2, 0.25) is 0 Å². The van der Waals surface area contributed by atoms with Gasteiger partial charge < -0.3 is 15.2 Å². The Bertz CT molecular complexity index is 166. The lowest BCUT2D eigenvalue weighted by Crippen LogP contribution is -2.40. The van der Waals surface area contributed by atoms with Crippen molar-refractivity contribution in [1.29, 1.82) is 0 Å². The molecule has 2 N–H and O–H groups in total. The van der Waals surface area contributed by atoms with E-state index in [2.05, 4.69) is 5.32 Å². The van der Waals surface area contributed by atoms with Crippen LogP contribution in [0.1, 0.15) is 19.8 Å². The molecule has 0 radical (unpaired) electrons. The summed E-state index contributed by atoms with van der Waals surface area (Å²) in [5.74, 6) is 0.118. The lowest BCUT2D eigenvalue weighted by molar-refractivity contribution is -0.128. The molecule has 76 valence electrons. The Morgan fingerprint density at radius 1 is 1.62 bits per heavy atom. The van der Waals surface area contributed by atoms with Crippen molar-refractivity contribution >= 4 is 5.91 Å². The smallest absolute Gasteiger partial charge is 0.223 e. The van der Waals surface area contributed by atoms with E-state index in [0.29, 0.717) is 13.2 Å². The fourth-order valence-electron chi connectivity index (χ4n) is 1.37. The molecule has 13 heavy (non-hydrogen) atoms. The van der Waals surface area contributed by atoms with Gasteiger partial charge in [0.2, 0.25) is 5.91 Å². The van der Waals surface area contributed by atoms with E-state index in [-0.39, 0.29) is 24.5 Å². The van der Waals surface area contributed by atoms with Crippen LogP contribution in [0, 0.1) is 5.92 Å². The van der Waals surface area contributed by atoms with Crippen LogP contribution in [0.4, 0.5) is 0 Å². The van der Waals surface area contributed by atoms with E-state index in [1.54, 1.807) is 6.92 Å². The molecule has 1 saturated heterocycles. The van der Waals surface area contributed by atoms with E-state index >= 15 is 0 Å². The Balaban J connectivity index is 2.29. The normalized spacial score (nSPS) is 21.1. The van der Waals surface area contributed by atoms with E-state index in [0.717, 1.165) is 12.8 Å². The molecule has 1 fully saturated rings. The summed E-state index contributed by atoms with van der Waals surface area (Å²) in [5, 5.41) is 11.5. The zero-order valence-electron chi connectivity index (χ0n) is 7.95. The molecule has 1 atom stereocenters. The van der Waals surface area contributed by atoms with Gasteiger partial charge in [-0.05, 0) is 19.8 Å². The first-order valence-corrected chi connectivity index (χ1v) is 4.73. The summed E-state index contributed by atoms with van der Waals surface area (Å²) >= 11 is 0. The van der Waals surface area contributed by atoms with Crippen molar-refractivity contribution in [2.45, 2.75) is 25.8 Å². The van der Waals surface area contributed by atoms with Crippen molar-refractivity contribution < 1.29 is 14.6 Å². The summed E-state index contributed by atoms with van der Waals surface area (Å²) in [7, 11) is 0. The maximum absolute atomic E-state index is 11.5. The highest BCUT2D eigenvalue weighted by Gasteiger charge is 2.22. The largest absolute Gasteiger partial charge is 0.394 e. The average molecular weight is 187 g/mol. The van der Waals surface area contributed by atoms with Crippen molar-refractivity contribution in [2.75, 3.05) is 19.8 Å². The van der Waals surface area contributed by atoms with Crippen molar-refractivity contribution in [1.82, 2.24) is 5.32 Å². The van der Waals surface area contributed by atoms with Gasteiger partial charge in [0, 0.05) is 25.2 Å². The standard InChI is InChI=1S/C9H17NO3/c1-7(6-11)10-9(12)8-2-4-13-5-3-8/h7-8,11H,2-6H2,1H3,(H,10,12). The Kier molecular flexibility index (Phi) is 4.18. The Labute approximate surface area is 78.3 Å². The van der Waals surface area contributed by atoms with E-state index in [1.807, 2.05) is 0 Å². The minimum Gasteiger partial charge on any atom is -0.394 e. The van der Waals surface area contributed by atoms with Gasteiger partial charge in [-0.3, -0.25) is 4.79 Å². The molecule has 1 amide bonds. The number of carbonyl (C=O) groups is 1. The molecule has 1 rings (SSSR count). The molecule has 1 aliphatic heterocycles. The minimum atomic E-state index is -0.143. The molecule has 1 aliphatic rings. The first kappa shape index (κ1) is 10.5. The number of amides is 1. The lowest BCUT2D eigenvalue weighted by atomic mass is 9.99. The second-order valence-corrected chi connectivity index (χ2v) is 3.48. The van der Waals surface area contributed by atoms with Crippen molar-refractivity contribution in [3.8, 4) is 0 Å². The van der Waals surface area contributed by atoms with Gasteiger partial charge in [-0.25, -0.2) is 0 Å². The number of nitrogens with one attached hydrogen (secondary N) is 1. The first-order valence-electron chi connectivity index (χ1n) is 4.73. The summed E-state index contributed by atoms with van der Waals surface area (Å²) in [4.78, 5) is 11.5. The third-order valence-corrected chi connectivity index (χ3v) is 2.25. The lowest BCUT2D eigenvalue weighted by Gasteiger charge is -2.22. The first-order chi connectivity index (χ1) is 6.24. The van der Waals surface area contributed by atoms with Crippen molar-refractivity contribution in [2.24, 2.45) is 5.92 Å². The molecule has 0 aromatic carbocycles. The van der Waals surface area contributed by atoms with Crippen LogP contribution < -0.4 is 5.32 Å². The third kappa shape index (κ3) is 3.32. The summed E-state index contributed by atoms with van der Waals surface area (Å²) < 4.78 is 5.15. The van der Waals surface area contributed by atoms with Crippen LogP contribution in [0.5, 0.6) is 0 Å². The minimum absolute atomic E-state index is 0.00500. The predicted octanol–water partition coefficient (Wildman–Crippen LogP) is -0.0900. The van der Waals surface area contributed by atoms with Gasteiger partial charge in [0.1, 0.15) is 0 Å². The van der Waals surface area contributed by atoms with Crippen LogP contribution in [-0.4, -0.2) is 36.9 Å². The maximum Gasteiger partial charge on any atom is 0.223 e. The molecular formula is C9H17NO3. The van der Waals surface area contributed by atoms with Gasteiger partial charge in [-0.1, -0.05) is 0 Å². The Morgan fingerprint density at radius 2 is 2.23 bits per heavy atom. The van der Waals surface area contributed by atoms with Gasteiger partial charge >= 0.3 is 0 Å². The molecule has 0 aliphatic carbocycles. The molecule has 0 aromatic rings. The van der Waals surface area contributed by atoms with Crippen LogP contribution in [-0.2, 0) is 9.53 Å². The zero-order valence-corrected chi connectivity index (χ0v) is 7.95. The topological polar surface area (TPSA) is 58.6 Å². The van der Waals surface area contributed by atoms with Crippen LogP contribution in [0.3, 0.4) is 0 Å². The summed E-state index contributed by atoms with van der Waals surface area (Å²) in [5.41, 5.74) is 0. The Hall–Kier alpha value is -0.610. The van der Waals surface area contributed by atoms with Crippen molar-refractivity contribution in [3.05, 3.63) is 0 Å². The molecular weight excluding hydrogens is 170 g/mol. The average Bonchev–Trinajstić information content (AvgIpc) is 2.19. The number of ether oxygens (including phenoxy) is 1. The molecule has 4 heteroatoms. The maximum atomic E-state index is 11.5. The Morgan fingerprint density at radius 3 is 2.77 bits per heavy atom. The van der Waals surface area contributed by atoms with Crippen molar-refractivity contribution in [3.63, 3.8) is 0 Å². The van der Waals surface area contributed by atoms with Crippen LogP contribution in [0.25, 0.3) is 0 Å². The number of aliphatic hydroxyl groups is 1. The molecule has 0 aromatic heterocycles. The van der Waals surface area contributed by atoms with Gasteiger partial charge in [0.15, 0.2) is 0 Å². The van der Waals surface area contributed by atoms with E-state index < -0.39 is 0 Å². The van der Waals surface area contributed by atoms with E-state index in [4.69, 9.17) is 9.84 Å². The highest BCUT2D eigenvalue weighted by molar-refractivity contribution is 5.78. The van der Waals surface area contributed by atoms with E-state index in [9.17, 15) is 4.79 Å². The summed E-state index contributed by atoms with van der Waals surface area (Å²) in [6.45, 7) is 3.13. The van der Waals surface area contributed by atoms with Crippen LogP contribution >= 0.6 is 0 Å². The molecule has 0 bridgehead atoms. The van der Waals surface area contributed by atoms with Crippen LogP contribution in [0.15, 0.2) is 0 Å². The molecule has 1 unspecified atom stereocenters. The van der Waals surface area contributed by atoms with Gasteiger partial charge in [-0.2, -0.15) is 0 Å². The molecule has 0 saturated carbocycles. The third-order valence-electron chi connectivity index (χ3n) is 2.25. The molecule has 0 spiro atoms. The number of hydrogen-bond acceptors (Lipinski definition) is 3. The monoisotopic (exact) mass is 187 g/mol. The fraction of sp³-hybridized carbons (Fsp3) is 0.889. The molecule has 1 heterocycles. The second kappa shape index (κ2) is 5.19. The van der Waals surface area contributed by atoms with Gasteiger partial charge in [0.05, 0.1) is 6.61 Å².